The number of nitrogens with zero attached hydrogens (tertiary/aromatic N) is 3. The number of nitrogens with one attached hydrogen (secondary N) is 1. The van der Waals surface area contributed by atoms with Crippen LogP contribution >= 0.6 is 0 Å². The van der Waals surface area contributed by atoms with Crippen LogP contribution in [0.25, 0.3) is 0 Å². The molecule has 5 nitrogen and oxygen atoms in total. The van der Waals surface area contributed by atoms with Crippen LogP contribution in [-0.2, 0) is 16.8 Å². The Bertz CT molecular complexity index is 557. The van der Waals surface area contributed by atoms with Crippen LogP contribution in [0.3, 0.4) is 0 Å². The van der Waals surface area contributed by atoms with Crippen LogP contribution < -0.4 is 5.32 Å². The van der Waals surface area contributed by atoms with Gasteiger partial charge in [-0.05, 0) is 6.42 Å². The van der Waals surface area contributed by atoms with Crippen molar-refractivity contribution < 1.29 is 17.9 Å². The van der Waals surface area contributed by atoms with Crippen molar-refractivity contribution in [3.8, 4) is 0 Å². The Morgan fingerprint density at radius 3 is 2.58 bits per heavy atom. The van der Waals surface area contributed by atoms with Crippen molar-refractivity contribution in [2.45, 2.75) is 51.4 Å². The highest BCUT2D eigenvalue weighted by Gasteiger charge is 2.34. The Hall–Kier alpha value is -1.41. The summed E-state index contributed by atoms with van der Waals surface area (Å²) in [5.74, 6) is 1.32. The van der Waals surface area contributed by atoms with Gasteiger partial charge in [0.15, 0.2) is 0 Å². The van der Waals surface area contributed by atoms with Gasteiger partial charge >= 0.3 is 6.18 Å². The monoisotopic (exact) mass is 346 g/mol. The number of aromatic nitrogens is 2. The maximum atomic E-state index is 12.5. The molecule has 0 radical (unpaired) electrons. The minimum Gasteiger partial charge on any atom is -0.378 e. The van der Waals surface area contributed by atoms with Gasteiger partial charge in [-0.25, -0.2) is 9.97 Å². The van der Waals surface area contributed by atoms with Gasteiger partial charge < -0.3 is 10.1 Å². The second-order valence-corrected chi connectivity index (χ2v) is 7.23. The number of likely N-dealkylation sites (tertiary alicyclic amines) is 1. The summed E-state index contributed by atoms with van der Waals surface area (Å²) in [7, 11) is 1.60. The summed E-state index contributed by atoms with van der Waals surface area (Å²) < 4.78 is 42.6. The van der Waals surface area contributed by atoms with E-state index in [1.165, 1.54) is 4.90 Å². The Labute approximate surface area is 140 Å². The Kier molecular flexibility index (Phi) is 5.70. The number of ether oxygens (including phenoxy) is 1. The minimum atomic E-state index is -4.16. The first-order valence-corrected chi connectivity index (χ1v) is 8.00. The molecule has 2 heterocycles. The van der Waals surface area contributed by atoms with E-state index in [2.05, 4.69) is 15.3 Å². The molecule has 0 bridgehead atoms. The number of rotatable bonds is 5. The molecule has 0 spiro atoms. The number of halogens is 3. The molecule has 8 heteroatoms. The van der Waals surface area contributed by atoms with Gasteiger partial charge in [-0.15, -0.1) is 0 Å². The number of hydrogen-bond acceptors (Lipinski definition) is 5. The molecule has 2 rings (SSSR count). The summed E-state index contributed by atoms with van der Waals surface area (Å²) in [5, 5.41) is 3.25. The standard InChI is InChI=1S/C16H25F3N4O/c1-15(2,3)14-21-12(9-24-4)7-13(22-14)20-11-5-6-23(8-11)10-16(17,18)19/h7,11H,5-6,8-10H2,1-4H3,(H,20,21,22). The molecule has 1 fully saturated rings. The predicted octanol–water partition coefficient (Wildman–Crippen LogP) is 2.97. The lowest BCUT2D eigenvalue weighted by molar-refractivity contribution is -0.143. The largest absolute Gasteiger partial charge is 0.401 e. The molecular formula is C16H25F3N4O. The Morgan fingerprint density at radius 2 is 2.00 bits per heavy atom. The topological polar surface area (TPSA) is 50.3 Å². The summed E-state index contributed by atoms with van der Waals surface area (Å²) in [4.78, 5) is 10.4. The molecule has 136 valence electrons. The third kappa shape index (κ3) is 5.59. The van der Waals surface area contributed by atoms with Gasteiger partial charge in [0.25, 0.3) is 0 Å². The van der Waals surface area contributed by atoms with Crippen LogP contribution in [0.5, 0.6) is 0 Å². The number of hydrogen-bond donors (Lipinski definition) is 1. The minimum absolute atomic E-state index is 0.0505. The van der Waals surface area contributed by atoms with Crippen molar-refractivity contribution in [2.75, 3.05) is 32.1 Å². The molecular weight excluding hydrogens is 321 g/mol. The summed E-state index contributed by atoms with van der Waals surface area (Å²) in [5.41, 5.74) is 0.531. The highest BCUT2D eigenvalue weighted by molar-refractivity contribution is 5.38. The molecule has 1 atom stereocenters. The van der Waals surface area contributed by atoms with E-state index < -0.39 is 12.7 Å². The first-order valence-electron chi connectivity index (χ1n) is 8.00. The van der Waals surface area contributed by atoms with Gasteiger partial charge in [0.05, 0.1) is 18.8 Å². The summed E-state index contributed by atoms with van der Waals surface area (Å²) in [6.45, 7) is 6.34. The fourth-order valence-corrected chi connectivity index (χ4v) is 2.69. The van der Waals surface area contributed by atoms with Gasteiger partial charge in [0.1, 0.15) is 11.6 Å². The van der Waals surface area contributed by atoms with Crippen molar-refractivity contribution in [3.63, 3.8) is 0 Å². The highest BCUT2D eigenvalue weighted by Crippen LogP contribution is 2.24. The van der Waals surface area contributed by atoms with Crippen LogP contribution in [-0.4, -0.2) is 53.8 Å². The van der Waals surface area contributed by atoms with Crippen LogP contribution in [0.15, 0.2) is 6.07 Å². The van der Waals surface area contributed by atoms with Crippen LogP contribution in [0.4, 0.5) is 19.0 Å². The van der Waals surface area contributed by atoms with Crippen LogP contribution in [0, 0.1) is 0 Å². The molecule has 0 amide bonds. The van der Waals surface area contributed by atoms with Gasteiger partial charge in [-0.3, -0.25) is 4.90 Å². The third-order valence-corrected chi connectivity index (χ3v) is 3.77. The zero-order valence-electron chi connectivity index (χ0n) is 14.6. The van der Waals surface area contributed by atoms with Crippen molar-refractivity contribution in [1.82, 2.24) is 14.9 Å². The summed E-state index contributed by atoms with van der Waals surface area (Å²) >= 11 is 0. The molecule has 0 saturated carbocycles. The molecule has 0 aliphatic carbocycles. The molecule has 1 aromatic rings. The van der Waals surface area contributed by atoms with Crippen molar-refractivity contribution >= 4 is 5.82 Å². The number of alkyl halides is 3. The zero-order chi connectivity index (χ0) is 18.0. The molecule has 1 aliphatic rings. The number of anilines is 1. The smallest absolute Gasteiger partial charge is 0.378 e. The van der Waals surface area contributed by atoms with Gasteiger partial charge in [0.2, 0.25) is 0 Å². The van der Waals surface area contributed by atoms with Gasteiger partial charge in [0, 0.05) is 37.7 Å². The highest BCUT2D eigenvalue weighted by atomic mass is 19.4. The fraction of sp³-hybridized carbons (Fsp3) is 0.750. The molecule has 1 aromatic heterocycles. The second-order valence-electron chi connectivity index (χ2n) is 7.23. The number of methoxy groups -OCH3 is 1. The maximum Gasteiger partial charge on any atom is 0.401 e. The normalized spacial score (nSPS) is 19.7. The van der Waals surface area contributed by atoms with Crippen molar-refractivity contribution in [2.24, 2.45) is 0 Å². The average Bonchev–Trinajstić information content (AvgIpc) is 2.82. The van der Waals surface area contributed by atoms with E-state index in [0.29, 0.717) is 37.8 Å². The molecule has 1 N–H and O–H groups in total. The van der Waals surface area contributed by atoms with Crippen LogP contribution in [0.1, 0.15) is 38.7 Å². The van der Waals surface area contributed by atoms with Gasteiger partial charge in [-0.1, -0.05) is 20.8 Å². The molecule has 0 aromatic carbocycles. The fourth-order valence-electron chi connectivity index (χ4n) is 2.69. The lowest BCUT2D eigenvalue weighted by Crippen LogP contribution is -2.34. The Balaban J connectivity index is 2.08. The lowest BCUT2D eigenvalue weighted by atomic mass is 9.95. The SMILES string of the molecule is COCc1cc(NC2CCN(CC(F)(F)F)C2)nc(C(C)(C)C)n1. The molecule has 1 aliphatic heterocycles. The van der Waals surface area contributed by atoms with E-state index in [9.17, 15) is 13.2 Å². The van der Waals surface area contributed by atoms with E-state index in [4.69, 9.17) is 4.74 Å². The van der Waals surface area contributed by atoms with Crippen LogP contribution in [0.2, 0.25) is 0 Å². The molecule has 24 heavy (non-hydrogen) atoms. The van der Waals surface area contributed by atoms with E-state index in [-0.39, 0.29) is 11.5 Å². The maximum absolute atomic E-state index is 12.5. The van der Waals surface area contributed by atoms with E-state index in [0.717, 1.165) is 5.69 Å². The predicted molar refractivity (Wildman–Crippen MR) is 86.0 cm³/mol. The molecule has 1 saturated heterocycles. The first-order chi connectivity index (χ1) is 11.1. The van der Waals surface area contributed by atoms with Crippen molar-refractivity contribution in [1.29, 1.82) is 0 Å². The summed E-state index contributed by atoms with van der Waals surface area (Å²) in [6.07, 6.45) is -3.50. The Morgan fingerprint density at radius 1 is 1.29 bits per heavy atom. The first kappa shape index (κ1) is 18.9. The zero-order valence-corrected chi connectivity index (χ0v) is 14.6. The molecule has 1 unspecified atom stereocenters. The van der Waals surface area contributed by atoms with E-state index in [1.54, 1.807) is 13.2 Å². The van der Waals surface area contributed by atoms with E-state index in [1.807, 2.05) is 20.8 Å². The average molecular weight is 346 g/mol. The quantitative estimate of drug-likeness (QED) is 0.888. The lowest BCUT2D eigenvalue weighted by Gasteiger charge is -2.21. The third-order valence-electron chi connectivity index (χ3n) is 3.77. The van der Waals surface area contributed by atoms with Crippen molar-refractivity contribution in [3.05, 3.63) is 17.6 Å². The van der Waals surface area contributed by atoms with E-state index >= 15 is 0 Å². The van der Waals surface area contributed by atoms with Gasteiger partial charge in [-0.2, -0.15) is 13.2 Å². The summed E-state index contributed by atoms with van der Waals surface area (Å²) in [6, 6.07) is 1.75. The second kappa shape index (κ2) is 7.23.